The van der Waals surface area contributed by atoms with Crippen LogP contribution in [0.3, 0.4) is 0 Å². The number of nitrogens with zero attached hydrogens (tertiary/aromatic N) is 3. The molecule has 0 amide bonds. The van der Waals surface area contributed by atoms with Crippen molar-refractivity contribution < 1.29 is 9.47 Å². The maximum absolute atomic E-state index is 13.7. The third-order valence-corrected chi connectivity index (χ3v) is 6.30. The van der Waals surface area contributed by atoms with Crippen LogP contribution in [0.2, 0.25) is 0 Å². The predicted molar refractivity (Wildman–Crippen MR) is 135 cm³/mol. The normalized spacial score (nSPS) is 13.3. The average molecular weight is 463 g/mol. The summed E-state index contributed by atoms with van der Waals surface area (Å²) in [6, 6.07) is 10.3. The molecule has 2 aromatic carbocycles. The van der Waals surface area contributed by atoms with Crippen molar-refractivity contribution in [3.63, 3.8) is 0 Å². The second kappa shape index (κ2) is 9.89. The third kappa shape index (κ3) is 4.40. The minimum atomic E-state index is -0.0928. The molecular formula is C27H34N4O3. The zero-order valence-corrected chi connectivity index (χ0v) is 20.8. The van der Waals surface area contributed by atoms with E-state index < -0.39 is 0 Å². The number of aryl methyl sites for hydroxylation is 4. The van der Waals surface area contributed by atoms with Gasteiger partial charge < -0.3 is 15.2 Å². The van der Waals surface area contributed by atoms with Crippen molar-refractivity contribution in [2.75, 3.05) is 20.3 Å². The molecule has 0 aliphatic carbocycles. The zero-order valence-electron chi connectivity index (χ0n) is 20.8. The van der Waals surface area contributed by atoms with Gasteiger partial charge in [0.05, 0.1) is 25.1 Å². The maximum Gasteiger partial charge on any atom is 0.330 e. The number of hydrogen-bond acceptors (Lipinski definition) is 5. The van der Waals surface area contributed by atoms with Gasteiger partial charge in [0.15, 0.2) is 11.5 Å². The number of ether oxygens (including phenoxy) is 2. The van der Waals surface area contributed by atoms with Crippen LogP contribution in [0.25, 0.3) is 11.3 Å². The van der Waals surface area contributed by atoms with E-state index in [1.54, 1.807) is 11.7 Å². The highest BCUT2D eigenvalue weighted by Gasteiger charge is 2.21. The summed E-state index contributed by atoms with van der Waals surface area (Å²) < 4.78 is 15.0. The molecule has 0 saturated heterocycles. The van der Waals surface area contributed by atoms with Gasteiger partial charge in [-0.25, -0.2) is 9.79 Å². The molecule has 0 fully saturated rings. The molecule has 2 N–H and O–H groups in total. The predicted octanol–water partition coefficient (Wildman–Crippen LogP) is 3.79. The zero-order chi connectivity index (χ0) is 24.4. The summed E-state index contributed by atoms with van der Waals surface area (Å²) in [6.45, 7) is 10.1. The van der Waals surface area contributed by atoms with E-state index >= 15 is 0 Å². The number of hydrogen-bond donors (Lipinski definition) is 1. The highest BCUT2D eigenvalue weighted by Crippen LogP contribution is 2.37. The molecular weight excluding hydrogens is 428 g/mol. The standard InChI is InChI=1S/C27H34N4O3/c1-6-34-24-14-20-8-7-10-30-22(21(20)15-23(24)33-5)16-25(31(11-9-28)27(30)32)29-26-18(3)12-17(2)13-19(26)4/h12-16H,6-11,28H2,1-5H3/b29-25+. The minimum Gasteiger partial charge on any atom is -0.493 e. The van der Waals surface area contributed by atoms with Gasteiger partial charge in [-0.2, -0.15) is 0 Å². The fraction of sp³-hybridized carbons (Fsp3) is 0.407. The number of nitrogens with two attached hydrogens (primary N) is 1. The van der Waals surface area contributed by atoms with Crippen molar-refractivity contribution in [1.82, 2.24) is 9.13 Å². The molecule has 1 aliphatic heterocycles. The lowest BCUT2D eigenvalue weighted by Gasteiger charge is -2.18. The smallest absolute Gasteiger partial charge is 0.330 e. The van der Waals surface area contributed by atoms with E-state index in [4.69, 9.17) is 20.2 Å². The first-order valence-corrected chi connectivity index (χ1v) is 11.9. The number of rotatable bonds is 6. The van der Waals surface area contributed by atoms with Crippen LogP contribution < -0.4 is 26.4 Å². The van der Waals surface area contributed by atoms with Gasteiger partial charge in [0.25, 0.3) is 0 Å². The molecule has 0 radical (unpaired) electrons. The van der Waals surface area contributed by atoms with Crippen molar-refractivity contribution in [3.05, 3.63) is 68.6 Å². The summed E-state index contributed by atoms with van der Waals surface area (Å²) in [6.07, 6.45) is 1.70. The lowest BCUT2D eigenvalue weighted by atomic mass is 10.0. The third-order valence-electron chi connectivity index (χ3n) is 6.30. The Balaban J connectivity index is 2.03. The first-order chi connectivity index (χ1) is 16.4. The van der Waals surface area contributed by atoms with E-state index in [0.717, 1.165) is 52.2 Å². The van der Waals surface area contributed by atoms with E-state index in [9.17, 15) is 4.79 Å². The lowest BCUT2D eigenvalue weighted by molar-refractivity contribution is 0.310. The SMILES string of the molecule is CCOc1cc2c(cc1OC)-c1c/c(=N\c3c(C)cc(C)cc3C)n(CCN)c(=O)n1CCC2. The van der Waals surface area contributed by atoms with Gasteiger partial charge in [0.1, 0.15) is 5.49 Å². The van der Waals surface area contributed by atoms with Crippen LogP contribution in [-0.2, 0) is 19.5 Å². The average Bonchev–Trinajstić information content (AvgIpc) is 2.97. The molecule has 4 rings (SSSR count). The van der Waals surface area contributed by atoms with Gasteiger partial charge in [-0.05, 0) is 69.4 Å². The number of benzene rings is 2. The van der Waals surface area contributed by atoms with Crippen LogP contribution in [0.4, 0.5) is 5.69 Å². The van der Waals surface area contributed by atoms with Gasteiger partial charge in [-0.3, -0.25) is 9.13 Å². The molecule has 3 aromatic rings. The van der Waals surface area contributed by atoms with E-state index in [-0.39, 0.29) is 5.69 Å². The van der Waals surface area contributed by atoms with Crippen molar-refractivity contribution in [2.24, 2.45) is 10.7 Å². The van der Waals surface area contributed by atoms with Crippen molar-refractivity contribution in [3.8, 4) is 22.8 Å². The van der Waals surface area contributed by atoms with Crippen LogP contribution in [0.1, 0.15) is 35.6 Å². The van der Waals surface area contributed by atoms with Crippen LogP contribution in [0.5, 0.6) is 11.5 Å². The van der Waals surface area contributed by atoms with Crippen molar-refractivity contribution in [1.29, 1.82) is 0 Å². The summed E-state index contributed by atoms with van der Waals surface area (Å²) in [5.41, 5.74) is 13.6. The van der Waals surface area contributed by atoms with Gasteiger partial charge in [-0.15, -0.1) is 0 Å². The highest BCUT2D eigenvalue weighted by molar-refractivity contribution is 5.69. The summed E-state index contributed by atoms with van der Waals surface area (Å²) in [7, 11) is 1.64. The number of methoxy groups -OCH3 is 1. The Morgan fingerprint density at radius 1 is 1.06 bits per heavy atom. The lowest BCUT2D eigenvalue weighted by Crippen LogP contribution is -2.42. The Labute approximate surface area is 200 Å². The molecule has 1 aliphatic rings. The number of fused-ring (bicyclic) bond motifs is 3. The monoisotopic (exact) mass is 462 g/mol. The Morgan fingerprint density at radius 2 is 1.79 bits per heavy atom. The van der Waals surface area contributed by atoms with Crippen LogP contribution >= 0.6 is 0 Å². The molecule has 0 spiro atoms. The molecule has 7 nitrogen and oxygen atoms in total. The first kappa shape index (κ1) is 23.8. The van der Waals surface area contributed by atoms with Gasteiger partial charge >= 0.3 is 5.69 Å². The molecule has 1 aromatic heterocycles. The molecule has 0 bridgehead atoms. The van der Waals surface area contributed by atoms with Crippen molar-refractivity contribution in [2.45, 2.75) is 53.6 Å². The largest absolute Gasteiger partial charge is 0.493 e. The minimum absolute atomic E-state index is 0.0928. The van der Waals surface area contributed by atoms with Crippen LogP contribution in [0.15, 0.2) is 40.1 Å². The second-order valence-corrected chi connectivity index (χ2v) is 8.82. The second-order valence-electron chi connectivity index (χ2n) is 8.82. The Bertz CT molecular complexity index is 1330. The van der Waals surface area contributed by atoms with Crippen LogP contribution in [-0.4, -0.2) is 29.4 Å². The fourth-order valence-electron chi connectivity index (χ4n) is 4.86. The maximum atomic E-state index is 13.7. The Morgan fingerprint density at radius 3 is 2.44 bits per heavy atom. The Kier molecular flexibility index (Phi) is 6.93. The topological polar surface area (TPSA) is 83.8 Å². The quantitative estimate of drug-likeness (QED) is 0.604. The summed E-state index contributed by atoms with van der Waals surface area (Å²) in [4.78, 5) is 18.7. The van der Waals surface area contributed by atoms with Gasteiger partial charge in [0, 0.05) is 31.3 Å². The van der Waals surface area contributed by atoms with Gasteiger partial charge in [0.2, 0.25) is 0 Å². The number of aromatic nitrogens is 2. The molecule has 2 heterocycles. The molecule has 0 saturated carbocycles. The van der Waals surface area contributed by atoms with Crippen molar-refractivity contribution >= 4 is 5.69 Å². The van der Waals surface area contributed by atoms with E-state index in [0.29, 0.717) is 37.5 Å². The summed E-state index contributed by atoms with van der Waals surface area (Å²) in [5.74, 6) is 1.38. The summed E-state index contributed by atoms with van der Waals surface area (Å²) in [5, 5.41) is 0. The molecule has 7 heteroatoms. The molecule has 34 heavy (non-hydrogen) atoms. The molecule has 0 atom stereocenters. The Hall–Kier alpha value is -3.32. The van der Waals surface area contributed by atoms with E-state index in [1.165, 1.54) is 5.56 Å². The van der Waals surface area contributed by atoms with Crippen LogP contribution in [0, 0.1) is 20.8 Å². The summed E-state index contributed by atoms with van der Waals surface area (Å²) >= 11 is 0. The van der Waals surface area contributed by atoms with E-state index in [2.05, 4.69) is 32.9 Å². The first-order valence-electron chi connectivity index (χ1n) is 11.9. The van der Waals surface area contributed by atoms with Gasteiger partial charge in [-0.1, -0.05) is 17.7 Å². The fourth-order valence-corrected chi connectivity index (χ4v) is 4.86. The highest BCUT2D eigenvalue weighted by atomic mass is 16.5. The molecule has 180 valence electrons. The van der Waals surface area contributed by atoms with E-state index in [1.807, 2.05) is 29.7 Å². The molecule has 0 unspecified atom stereocenters.